The first-order valence-electron chi connectivity index (χ1n) is 9.40. The summed E-state index contributed by atoms with van der Waals surface area (Å²) in [5, 5.41) is 1.72. The summed E-state index contributed by atoms with van der Waals surface area (Å²) < 4.78 is 26.6. The summed E-state index contributed by atoms with van der Waals surface area (Å²) in [6, 6.07) is 9.79. The van der Waals surface area contributed by atoms with Crippen molar-refractivity contribution in [3.05, 3.63) is 71.1 Å². The second-order valence-electron chi connectivity index (χ2n) is 7.32. The summed E-state index contributed by atoms with van der Waals surface area (Å²) in [5.74, 6) is 0.876. The highest BCUT2D eigenvalue weighted by Crippen LogP contribution is 2.36. The molecule has 4 rings (SSSR count). The Kier molecular flexibility index (Phi) is 5.20. The number of rotatable bonds is 6. The minimum absolute atomic E-state index is 0.498. The summed E-state index contributed by atoms with van der Waals surface area (Å²) in [6.45, 7) is 3.18. The SMILES string of the molecule is CON1C=C2C=NC3=C(N(CCc4ccccc4)C=C(C)C3NS(C)(=O)=O)N2C1. The van der Waals surface area contributed by atoms with E-state index >= 15 is 0 Å². The smallest absolute Gasteiger partial charge is 0.209 e. The maximum atomic E-state index is 12.0. The molecule has 0 radical (unpaired) electrons. The number of aliphatic imine (C=N–C) groups is 1. The van der Waals surface area contributed by atoms with Gasteiger partial charge in [-0.05, 0) is 24.5 Å². The van der Waals surface area contributed by atoms with E-state index in [0.29, 0.717) is 12.4 Å². The van der Waals surface area contributed by atoms with E-state index in [2.05, 4.69) is 31.6 Å². The zero-order chi connectivity index (χ0) is 20.6. The summed E-state index contributed by atoms with van der Waals surface area (Å²) in [6.07, 6.45) is 7.67. The predicted molar refractivity (Wildman–Crippen MR) is 112 cm³/mol. The molecule has 154 valence electrons. The van der Waals surface area contributed by atoms with Crippen LogP contribution in [0.4, 0.5) is 0 Å². The summed E-state index contributed by atoms with van der Waals surface area (Å²) in [4.78, 5) is 14.2. The third-order valence-corrected chi connectivity index (χ3v) is 5.76. The molecule has 1 unspecified atom stereocenters. The van der Waals surface area contributed by atoms with Gasteiger partial charge >= 0.3 is 0 Å². The fraction of sp³-hybridized carbons (Fsp3) is 0.350. The highest BCUT2D eigenvalue weighted by molar-refractivity contribution is 7.88. The fourth-order valence-corrected chi connectivity index (χ4v) is 4.47. The van der Waals surface area contributed by atoms with Crippen molar-refractivity contribution in [2.45, 2.75) is 19.4 Å². The molecule has 1 N–H and O–H groups in total. The molecule has 0 aliphatic carbocycles. The van der Waals surface area contributed by atoms with Crippen molar-refractivity contribution in [3.63, 3.8) is 0 Å². The van der Waals surface area contributed by atoms with Gasteiger partial charge in [-0.15, -0.1) is 0 Å². The standard InChI is InChI=1S/C20H25N5O3S/c1-15-12-23(10-9-16-7-5-4-6-8-16)20-19(18(15)22-29(3,26)27)21-11-17-13-24(28-2)14-25(17)20/h4-8,11-13,18,22H,9-10,14H2,1-3H3. The van der Waals surface area contributed by atoms with Crippen molar-refractivity contribution >= 4 is 16.2 Å². The lowest BCUT2D eigenvalue weighted by Gasteiger charge is -2.40. The van der Waals surface area contributed by atoms with E-state index in [4.69, 9.17) is 4.84 Å². The van der Waals surface area contributed by atoms with Crippen LogP contribution in [0.25, 0.3) is 0 Å². The molecule has 1 aromatic carbocycles. The molecule has 1 atom stereocenters. The monoisotopic (exact) mass is 415 g/mol. The van der Waals surface area contributed by atoms with Crippen LogP contribution in [0, 0.1) is 0 Å². The molecule has 0 bridgehead atoms. The Morgan fingerprint density at radius 1 is 1.24 bits per heavy atom. The Labute approximate surface area is 171 Å². The van der Waals surface area contributed by atoms with Crippen molar-refractivity contribution in [1.82, 2.24) is 19.6 Å². The van der Waals surface area contributed by atoms with E-state index in [0.717, 1.165) is 30.1 Å². The summed E-state index contributed by atoms with van der Waals surface area (Å²) in [7, 11) is -1.78. The topological polar surface area (TPSA) is 77.5 Å². The first-order valence-corrected chi connectivity index (χ1v) is 11.3. The quantitative estimate of drug-likeness (QED) is 0.761. The van der Waals surface area contributed by atoms with Gasteiger partial charge in [0.15, 0.2) is 0 Å². The molecule has 3 heterocycles. The van der Waals surface area contributed by atoms with Crippen LogP contribution in [0.1, 0.15) is 12.5 Å². The lowest BCUT2D eigenvalue weighted by molar-refractivity contribution is -0.0968. The molecule has 8 nitrogen and oxygen atoms in total. The van der Waals surface area contributed by atoms with Crippen molar-refractivity contribution in [2.75, 3.05) is 26.6 Å². The van der Waals surface area contributed by atoms with E-state index in [1.807, 2.05) is 37.5 Å². The number of benzene rings is 1. The van der Waals surface area contributed by atoms with Crippen LogP contribution < -0.4 is 4.72 Å². The van der Waals surface area contributed by atoms with Crippen molar-refractivity contribution in [2.24, 2.45) is 4.99 Å². The van der Waals surface area contributed by atoms with E-state index < -0.39 is 16.1 Å². The number of hydrogen-bond donors (Lipinski definition) is 1. The Hall–Kier alpha value is -2.62. The van der Waals surface area contributed by atoms with Gasteiger partial charge in [-0.3, -0.25) is 9.83 Å². The number of allylic oxidation sites excluding steroid dienone is 1. The van der Waals surface area contributed by atoms with Crippen LogP contribution in [0.5, 0.6) is 0 Å². The third kappa shape index (κ3) is 4.07. The van der Waals surface area contributed by atoms with Gasteiger partial charge in [0.25, 0.3) is 0 Å². The Bertz CT molecular complexity index is 1010. The molecule has 0 saturated heterocycles. The van der Waals surface area contributed by atoms with Crippen LogP contribution in [0.15, 0.2) is 70.5 Å². The lowest BCUT2D eigenvalue weighted by Crippen LogP contribution is -2.46. The maximum absolute atomic E-state index is 12.0. The van der Waals surface area contributed by atoms with Crippen molar-refractivity contribution in [3.8, 4) is 0 Å². The molecule has 9 heteroatoms. The number of fused-ring (bicyclic) bond motifs is 2. The maximum Gasteiger partial charge on any atom is 0.209 e. The van der Waals surface area contributed by atoms with Gasteiger partial charge in [0.1, 0.15) is 18.2 Å². The van der Waals surface area contributed by atoms with Gasteiger partial charge < -0.3 is 9.80 Å². The number of nitrogens with one attached hydrogen (secondary N) is 1. The van der Waals surface area contributed by atoms with Gasteiger partial charge in [-0.25, -0.2) is 18.2 Å². The molecule has 29 heavy (non-hydrogen) atoms. The van der Waals surface area contributed by atoms with E-state index in [1.165, 1.54) is 11.8 Å². The zero-order valence-corrected chi connectivity index (χ0v) is 17.6. The largest absolute Gasteiger partial charge is 0.332 e. The highest BCUT2D eigenvalue weighted by atomic mass is 32.2. The van der Waals surface area contributed by atoms with E-state index in [-0.39, 0.29) is 0 Å². The average Bonchev–Trinajstić information content (AvgIpc) is 3.12. The first-order chi connectivity index (χ1) is 13.9. The van der Waals surface area contributed by atoms with Crippen LogP contribution in [0.3, 0.4) is 0 Å². The molecular weight excluding hydrogens is 390 g/mol. The Morgan fingerprint density at radius 2 is 2.00 bits per heavy atom. The summed E-state index contributed by atoms with van der Waals surface area (Å²) in [5.41, 5.74) is 3.74. The van der Waals surface area contributed by atoms with Crippen LogP contribution in [-0.2, 0) is 21.3 Å². The molecule has 0 saturated carbocycles. The Balaban J connectivity index is 1.69. The van der Waals surface area contributed by atoms with Gasteiger partial charge in [0.05, 0.1) is 37.5 Å². The average molecular weight is 416 g/mol. The van der Waals surface area contributed by atoms with Crippen LogP contribution in [0.2, 0.25) is 0 Å². The zero-order valence-electron chi connectivity index (χ0n) is 16.7. The normalized spacial score (nSPS) is 21.2. The number of hydrogen-bond acceptors (Lipinski definition) is 7. The minimum atomic E-state index is -3.40. The van der Waals surface area contributed by atoms with Gasteiger partial charge in [-0.1, -0.05) is 30.3 Å². The number of nitrogens with zero attached hydrogens (tertiary/aromatic N) is 4. The van der Waals surface area contributed by atoms with Crippen molar-refractivity contribution < 1.29 is 13.3 Å². The van der Waals surface area contributed by atoms with E-state index in [1.54, 1.807) is 18.4 Å². The number of hydroxylamine groups is 2. The minimum Gasteiger partial charge on any atom is -0.332 e. The molecule has 0 fully saturated rings. The fourth-order valence-electron chi connectivity index (χ4n) is 3.74. The van der Waals surface area contributed by atoms with Gasteiger partial charge in [-0.2, -0.15) is 0 Å². The first kappa shape index (κ1) is 19.7. The Morgan fingerprint density at radius 3 is 2.69 bits per heavy atom. The summed E-state index contributed by atoms with van der Waals surface area (Å²) >= 11 is 0. The second kappa shape index (κ2) is 7.66. The molecule has 3 aliphatic heterocycles. The van der Waals surface area contributed by atoms with Gasteiger partial charge in [0, 0.05) is 12.7 Å². The molecule has 3 aliphatic rings. The molecule has 0 aromatic heterocycles. The number of sulfonamides is 1. The van der Waals surface area contributed by atoms with Crippen LogP contribution >= 0.6 is 0 Å². The molecule has 0 spiro atoms. The second-order valence-corrected chi connectivity index (χ2v) is 9.10. The van der Waals surface area contributed by atoms with E-state index in [9.17, 15) is 8.42 Å². The highest BCUT2D eigenvalue weighted by Gasteiger charge is 2.38. The van der Waals surface area contributed by atoms with Crippen LogP contribution in [-0.4, -0.2) is 62.1 Å². The molecular formula is C20H25N5O3S. The lowest BCUT2D eigenvalue weighted by atomic mass is 10.0. The molecule has 0 amide bonds. The molecule has 1 aromatic rings. The van der Waals surface area contributed by atoms with Gasteiger partial charge in [0.2, 0.25) is 10.0 Å². The van der Waals surface area contributed by atoms with Crippen molar-refractivity contribution in [1.29, 1.82) is 0 Å². The third-order valence-electron chi connectivity index (χ3n) is 5.10. The predicted octanol–water partition coefficient (Wildman–Crippen LogP) is 1.60.